The van der Waals surface area contributed by atoms with Gasteiger partial charge in [-0.2, -0.15) is 0 Å². The second-order valence-electron chi connectivity index (χ2n) is 5.14. The van der Waals surface area contributed by atoms with Crippen LogP contribution >= 0.6 is 15.9 Å². The highest BCUT2D eigenvalue weighted by atomic mass is 79.9. The molecule has 0 saturated heterocycles. The van der Waals surface area contributed by atoms with Crippen LogP contribution in [0.25, 0.3) is 0 Å². The molecular weight excluding hydrogens is 320 g/mol. The Labute approximate surface area is 128 Å². The highest BCUT2D eigenvalue weighted by molar-refractivity contribution is 9.10. The number of nitrogens with one attached hydrogen (secondary N) is 2. The Kier molecular flexibility index (Phi) is 5.71. The van der Waals surface area contributed by atoms with Crippen LogP contribution in [-0.2, 0) is 4.79 Å². The van der Waals surface area contributed by atoms with Gasteiger partial charge in [0.1, 0.15) is 5.75 Å². The van der Waals surface area contributed by atoms with E-state index in [-0.39, 0.29) is 12.5 Å². The van der Waals surface area contributed by atoms with Gasteiger partial charge in [-0.1, -0.05) is 35.2 Å². The average Bonchev–Trinajstić information content (AvgIpc) is 2.45. The summed E-state index contributed by atoms with van der Waals surface area (Å²) in [4.78, 5) is 11.9. The summed E-state index contributed by atoms with van der Waals surface area (Å²) in [6.07, 6.45) is 5.96. The van der Waals surface area contributed by atoms with Gasteiger partial charge in [-0.3, -0.25) is 4.79 Å². The summed E-state index contributed by atoms with van der Waals surface area (Å²) >= 11 is 3.42. The Morgan fingerprint density at radius 3 is 2.75 bits per heavy atom. The number of methoxy groups -OCH3 is 1. The zero-order valence-electron chi connectivity index (χ0n) is 11.7. The molecule has 0 radical (unpaired) electrons. The predicted molar refractivity (Wildman–Crippen MR) is 84.2 cm³/mol. The van der Waals surface area contributed by atoms with Crippen molar-refractivity contribution in [3.63, 3.8) is 0 Å². The maximum Gasteiger partial charge on any atom is 0.239 e. The molecule has 0 aliphatic heterocycles. The number of hydrogen-bond acceptors (Lipinski definition) is 3. The van der Waals surface area contributed by atoms with Gasteiger partial charge in [0.2, 0.25) is 5.91 Å². The Morgan fingerprint density at radius 1 is 1.30 bits per heavy atom. The van der Waals surface area contributed by atoms with Crippen LogP contribution in [0.1, 0.15) is 32.1 Å². The standard InChI is InChI=1S/C15H21BrN2O2/c1-20-14-8-11(16)7-13(9-14)17-10-15(19)18-12-5-3-2-4-6-12/h7-9,12,17H,2-6,10H2,1H3,(H,18,19). The van der Waals surface area contributed by atoms with Gasteiger partial charge in [0.05, 0.1) is 13.7 Å². The number of rotatable bonds is 5. The van der Waals surface area contributed by atoms with Gasteiger partial charge in [-0.05, 0) is 25.0 Å². The smallest absolute Gasteiger partial charge is 0.239 e. The van der Waals surface area contributed by atoms with Crippen LogP contribution in [0.3, 0.4) is 0 Å². The van der Waals surface area contributed by atoms with Crippen LogP contribution in [0.15, 0.2) is 22.7 Å². The molecule has 2 rings (SSSR count). The number of ether oxygens (including phenoxy) is 1. The van der Waals surface area contributed by atoms with E-state index in [9.17, 15) is 4.79 Å². The van der Waals surface area contributed by atoms with Gasteiger partial charge in [0, 0.05) is 22.3 Å². The van der Waals surface area contributed by atoms with E-state index in [2.05, 4.69) is 26.6 Å². The SMILES string of the molecule is COc1cc(Br)cc(NCC(=O)NC2CCCCC2)c1. The summed E-state index contributed by atoms with van der Waals surface area (Å²) in [6, 6.07) is 6.04. The summed E-state index contributed by atoms with van der Waals surface area (Å²) in [5.41, 5.74) is 0.870. The first kappa shape index (κ1) is 15.2. The normalized spacial score (nSPS) is 15.7. The minimum Gasteiger partial charge on any atom is -0.497 e. The summed E-state index contributed by atoms with van der Waals surface area (Å²) < 4.78 is 6.12. The molecule has 0 aromatic heterocycles. The molecule has 2 N–H and O–H groups in total. The van der Waals surface area contributed by atoms with Crippen LogP contribution in [0.4, 0.5) is 5.69 Å². The molecule has 1 aliphatic rings. The lowest BCUT2D eigenvalue weighted by Crippen LogP contribution is -2.39. The molecule has 1 aliphatic carbocycles. The van der Waals surface area contributed by atoms with Gasteiger partial charge in [0.15, 0.2) is 0 Å². The molecule has 1 aromatic carbocycles. The highest BCUT2D eigenvalue weighted by Crippen LogP contribution is 2.24. The van der Waals surface area contributed by atoms with Crippen molar-refractivity contribution in [2.45, 2.75) is 38.1 Å². The molecule has 0 atom stereocenters. The summed E-state index contributed by atoms with van der Waals surface area (Å²) in [5, 5.41) is 6.22. The fourth-order valence-corrected chi connectivity index (χ4v) is 2.96. The van der Waals surface area contributed by atoms with Crippen LogP contribution in [0, 0.1) is 0 Å². The maximum atomic E-state index is 11.9. The fourth-order valence-electron chi connectivity index (χ4n) is 2.49. The third-order valence-corrected chi connectivity index (χ3v) is 3.99. The van der Waals surface area contributed by atoms with Crippen molar-refractivity contribution >= 4 is 27.5 Å². The molecule has 5 heteroatoms. The largest absolute Gasteiger partial charge is 0.497 e. The zero-order valence-corrected chi connectivity index (χ0v) is 13.3. The number of carbonyl (C=O) groups excluding carboxylic acids is 1. The molecule has 110 valence electrons. The number of amides is 1. The summed E-state index contributed by atoms with van der Waals surface area (Å²) in [7, 11) is 1.63. The van der Waals surface area contributed by atoms with Crippen LogP contribution in [0.2, 0.25) is 0 Å². The lowest BCUT2D eigenvalue weighted by Gasteiger charge is -2.22. The fraction of sp³-hybridized carbons (Fsp3) is 0.533. The molecule has 1 fully saturated rings. The predicted octanol–water partition coefficient (Wildman–Crippen LogP) is 3.32. The van der Waals surface area contributed by atoms with E-state index in [0.717, 1.165) is 28.8 Å². The van der Waals surface area contributed by atoms with E-state index in [1.807, 2.05) is 18.2 Å². The molecule has 4 nitrogen and oxygen atoms in total. The third kappa shape index (κ3) is 4.71. The molecular formula is C15H21BrN2O2. The number of hydrogen-bond donors (Lipinski definition) is 2. The maximum absolute atomic E-state index is 11.9. The summed E-state index contributed by atoms with van der Waals surface area (Å²) in [5.74, 6) is 0.811. The van der Waals surface area contributed by atoms with Crippen LogP contribution in [0.5, 0.6) is 5.75 Å². The van der Waals surface area contributed by atoms with Gasteiger partial charge >= 0.3 is 0 Å². The molecule has 0 heterocycles. The van der Waals surface area contributed by atoms with Crippen molar-refractivity contribution in [2.75, 3.05) is 19.0 Å². The quantitative estimate of drug-likeness (QED) is 0.864. The number of benzene rings is 1. The Balaban J connectivity index is 1.81. The third-order valence-electron chi connectivity index (χ3n) is 3.53. The zero-order chi connectivity index (χ0) is 14.4. The van der Waals surface area contributed by atoms with Gasteiger partial charge in [0.25, 0.3) is 0 Å². The van der Waals surface area contributed by atoms with E-state index in [0.29, 0.717) is 6.04 Å². The molecule has 0 bridgehead atoms. The molecule has 0 unspecified atom stereocenters. The van der Waals surface area contributed by atoms with Gasteiger partial charge in [-0.15, -0.1) is 0 Å². The minimum atomic E-state index is 0.0517. The molecule has 1 saturated carbocycles. The van der Waals surface area contributed by atoms with E-state index >= 15 is 0 Å². The van der Waals surface area contributed by atoms with Gasteiger partial charge < -0.3 is 15.4 Å². The van der Waals surface area contributed by atoms with E-state index in [1.54, 1.807) is 7.11 Å². The lowest BCUT2D eigenvalue weighted by atomic mass is 9.95. The lowest BCUT2D eigenvalue weighted by molar-refractivity contribution is -0.120. The number of anilines is 1. The monoisotopic (exact) mass is 340 g/mol. The molecule has 1 aromatic rings. The van der Waals surface area contributed by atoms with Crippen molar-refractivity contribution in [3.05, 3.63) is 22.7 Å². The minimum absolute atomic E-state index is 0.0517. The van der Waals surface area contributed by atoms with E-state index < -0.39 is 0 Å². The summed E-state index contributed by atoms with van der Waals surface area (Å²) in [6.45, 7) is 0.288. The average molecular weight is 341 g/mol. The first-order valence-corrected chi connectivity index (χ1v) is 7.84. The van der Waals surface area contributed by atoms with Crippen molar-refractivity contribution in [3.8, 4) is 5.75 Å². The topological polar surface area (TPSA) is 50.4 Å². The Hall–Kier alpha value is -1.23. The Morgan fingerprint density at radius 2 is 2.05 bits per heavy atom. The Bertz CT molecular complexity index is 459. The first-order valence-electron chi connectivity index (χ1n) is 7.05. The van der Waals surface area contributed by atoms with Crippen molar-refractivity contribution in [1.29, 1.82) is 0 Å². The number of halogens is 1. The van der Waals surface area contributed by atoms with Crippen molar-refractivity contribution in [1.82, 2.24) is 5.32 Å². The highest BCUT2D eigenvalue weighted by Gasteiger charge is 2.15. The number of carbonyl (C=O) groups is 1. The van der Waals surface area contributed by atoms with Crippen molar-refractivity contribution < 1.29 is 9.53 Å². The second-order valence-corrected chi connectivity index (χ2v) is 6.05. The van der Waals surface area contributed by atoms with E-state index in [1.165, 1.54) is 19.3 Å². The van der Waals surface area contributed by atoms with Crippen molar-refractivity contribution in [2.24, 2.45) is 0 Å². The van der Waals surface area contributed by atoms with Gasteiger partial charge in [-0.25, -0.2) is 0 Å². The molecule has 0 spiro atoms. The molecule has 1 amide bonds. The first-order chi connectivity index (χ1) is 9.67. The molecule has 20 heavy (non-hydrogen) atoms. The van der Waals surface area contributed by atoms with Crippen LogP contribution in [-0.4, -0.2) is 25.6 Å². The van der Waals surface area contributed by atoms with E-state index in [4.69, 9.17) is 4.74 Å². The second kappa shape index (κ2) is 7.53. The van der Waals surface area contributed by atoms with Crippen LogP contribution < -0.4 is 15.4 Å².